The zero-order valence-electron chi connectivity index (χ0n) is 10.8. The predicted molar refractivity (Wildman–Crippen MR) is 64.6 cm³/mol. The van der Waals surface area contributed by atoms with Crippen LogP contribution in [0, 0.1) is 5.92 Å². The van der Waals surface area contributed by atoms with Gasteiger partial charge in [-0.15, -0.1) is 0 Å². The first-order chi connectivity index (χ1) is 7.49. The van der Waals surface area contributed by atoms with Crippen LogP contribution in [0.15, 0.2) is 0 Å². The standard InChI is InChI=1S/C13H25NO2/c1-12(2,3)14-9-11-4-6-16-13(8-11)5-7-15-10-13/h11,14H,4-10H2,1-3H3. The molecule has 2 rings (SSSR count). The van der Waals surface area contributed by atoms with E-state index in [1.165, 1.54) is 6.42 Å². The maximum absolute atomic E-state index is 5.94. The number of hydrogen-bond acceptors (Lipinski definition) is 3. The fourth-order valence-electron chi connectivity index (χ4n) is 2.62. The fourth-order valence-corrected chi connectivity index (χ4v) is 2.62. The summed E-state index contributed by atoms with van der Waals surface area (Å²) in [6, 6.07) is 0. The molecule has 1 spiro atoms. The van der Waals surface area contributed by atoms with Crippen molar-refractivity contribution in [3.63, 3.8) is 0 Å². The van der Waals surface area contributed by atoms with E-state index in [4.69, 9.17) is 9.47 Å². The average molecular weight is 227 g/mol. The second-order valence-corrected chi connectivity index (χ2v) is 6.32. The Morgan fingerprint density at radius 3 is 2.75 bits per heavy atom. The van der Waals surface area contributed by atoms with Crippen LogP contribution in [0.5, 0.6) is 0 Å². The van der Waals surface area contributed by atoms with Gasteiger partial charge in [0.25, 0.3) is 0 Å². The average Bonchev–Trinajstić information content (AvgIpc) is 2.63. The van der Waals surface area contributed by atoms with E-state index in [1.54, 1.807) is 0 Å². The van der Waals surface area contributed by atoms with Crippen LogP contribution in [0.4, 0.5) is 0 Å². The molecular weight excluding hydrogens is 202 g/mol. The minimum atomic E-state index is 0.0580. The highest BCUT2D eigenvalue weighted by Crippen LogP contribution is 2.35. The van der Waals surface area contributed by atoms with Crippen LogP contribution in [0.3, 0.4) is 0 Å². The van der Waals surface area contributed by atoms with E-state index in [0.717, 1.165) is 45.1 Å². The zero-order chi connectivity index (χ0) is 11.6. The summed E-state index contributed by atoms with van der Waals surface area (Å²) in [6.07, 6.45) is 3.43. The third-order valence-electron chi connectivity index (χ3n) is 3.58. The molecular formula is C13H25NO2. The molecule has 0 bridgehead atoms. The van der Waals surface area contributed by atoms with E-state index in [9.17, 15) is 0 Å². The van der Waals surface area contributed by atoms with Crippen LogP contribution in [0.2, 0.25) is 0 Å². The lowest BCUT2D eigenvalue weighted by Crippen LogP contribution is -2.46. The summed E-state index contributed by atoms with van der Waals surface area (Å²) in [6.45, 7) is 10.4. The van der Waals surface area contributed by atoms with Crippen molar-refractivity contribution in [3.8, 4) is 0 Å². The Labute approximate surface area is 98.9 Å². The lowest BCUT2D eigenvalue weighted by Gasteiger charge is -2.38. The zero-order valence-corrected chi connectivity index (χ0v) is 10.8. The normalized spacial score (nSPS) is 35.8. The quantitative estimate of drug-likeness (QED) is 0.782. The summed E-state index contributed by atoms with van der Waals surface area (Å²) in [7, 11) is 0. The van der Waals surface area contributed by atoms with Crippen LogP contribution in [0.25, 0.3) is 0 Å². The Morgan fingerprint density at radius 1 is 1.31 bits per heavy atom. The Bertz CT molecular complexity index is 229. The lowest BCUT2D eigenvalue weighted by atomic mass is 9.85. The Balaban J connectivity index is 1.82. The molecule has 16 heavy (non-hydrogen) atoms. The molecule has 0 aromatic carbocycles. The first-order valence-corrected chi connectivity index (χ1v) is 6.46. The SMILES string of the molecule is CC(C)(C)NCC1CCOC2(CCOC2)C1. The van der Waals surface area contributed by atoms with Gasteiger partial charge in [0.2, 0.25) is 0 Å². The van der Waals surface area contributed by atoms with Crippen LogP contribution in [-0.2, 0) is 9.47 Å². The predicted octanol–water partition coefficient (Wildman–Crippen LogP) is 1.96. The number of ether oxygens (including phenoxy) is 2. The molecule has 0 aliphatic carbocycles. The Morgan fingerprint density at radius 2 is 2.12 bits per heavy atom. The number of rotatable bonds is 2. The van der Waals surface area contributed by atoms with Crippen molar-refractivity contribution >= 4 is 0 Å². The summed E-state index contributed by atoms with van der Waals surface area (Å²) in [5.74, 6) is 0.745. The van der Waals surface area contributed by atoms with Gasteiger partial charge in [-0.1, -0.05) is 0 Å². The van der Waals surface area contributed by atoms with Gasteiger partial charge in [-0.05, 0) is 46.1 Å². The van der Waals surface area contributed by atoms with E-state index in [0.29, 0.717) is 0 Å². The first-order valence-electron chi connectivity index (χ1n) is 6.46. The van der Waals surface area contributed by atoms with Gasteiger partial charge in [0.05, 0.1) is 12.2 Å². The van der Waals surface area contributed by atoms with Gasteiger partial charge in [0, 0.05) is 25.2 Å². The van der Waals surface area contributed by atoms with Crippen molar-refractivity contribution < 1.29 is 9.47 Å². The summed E-state index contributed by atoms with van der Waals surface area (Å²) in [5, 5.41) is 3.60. The highest BCUT2D eigenvalue weighted by atomic mass is 16.6. The first kappa shape index (κ1) is 12.3. The van der Waals surface area contributed by atoms with Crippen molar-refractivity contribution in [3.05, 3.63) is 0 Å². The van der Waals surface area contributed by atoms with E-state index >= 15 is 0 Å². The monoisotopic (exact) mass is 227 g/mol. The van der Waals surface area contributed by atoms with Gasteiger partial charge < -0.3 is 14.8 Å². The molecule has 94 valence electrons. The van der Waals surface area contributed by atoms with Gasteiger partial charge in [0.1, 0.15) is 0 Å². The molecule has 0 amide bonds. The number of hydrogen-bond donors (Lipinski definition) is 1. The van der Waals surface area contributed by atoms with Gasteiger partial charge in [-0.2, -0.15) is 0 Å². The molecule has 2 unspecified atom stereocenters. The third-order valence-corrected chi connectivity index (χ3v) is 3.58. The molecule has 0 radical (unpaired) electrons. The largest absolute Gasteiger partial charge is 0.378 e. The molecule has 2 atom stereocenters. The molecule has 3 heteroatoms. The summed E-state index contributed by atoms with van der Waals surface area (Å²) < 4.78 is 11.4. The molecule has 2 fully saturated rings. The molecule has 2 saturated heterocycles. The van der Waals surface area contributed by atoms with Gasteiger partial charge in [-0.3, -0.25) is 0 Å². The Kier molecular flexibility index (Phi) is 3.57. The minimum absolute atomic E-state index is 0.0580. The maximum Gasteiger partial charge on any atom is 0.0939 e. The van der Waals surface area contributed by atoms with Gasteiger partial charge in [0.15, 0.2) is 0 Å². The summed E-state index contributed by atoms with van der Waals surface area (Å²) >= 11 is 0. The van der Waals surface area contributed by atoms with Crippen molar-refractivity contribution in [2.24, 2.45) is 5.92 Å². The lowest BCUT2D eigenvalue weighted by molar-refractivity contribution is -0.0978. The van der Waals surface area contributed by atoms with Crippen molar-refractivity contribution in [1.29, 1.82) is 0 Å². The van der Waals surface area contributed by atoms with Crippen molar-refractivity contribution in [2.45, 2.75) is 51.2 Å². The van der Waals surface area contributed by atoms with Crippen molar-refractivity contribution in [1.82, 2.24) is 5.32 Å². The van der Waals surface area contributed by atoms with Crippen LogP contribution in [-0.4, -0.2) is 37.5 Å². The summed E-state index contributed by atoms with van der Waals surface area (Å²) in [5.41, 5.74) is 0.278. The second-order valence-electron chi connectivity index (χ2n) is 6.32. The van der Waals surface area contributed by atoms with E-state index in [-0.39, 0.29) is 11.1 Å². The molecule has 3 nitrogen and oxygen atoms in total. The fraction of sp³-hybridized carbons (Fsp3) is 1.00. The molecule has 2 heterocycles. The van der Waals surface area contributed by atoms with E-state index < -0.39 is 0 Å². The third kappa shape index (κ3) is 3.19. The van der Waals surface area contributed by atoms with Crippen molar-refractivity contribution in [2.75, 3.05) is 26.4 Å². The van der Waals surface area contributed by atoms with Crippen LogP contribution < -0.4 is 5.32 Å². The number of nitrogens with one attached hydrogen (secondary N) is 1. The van der Waals surface area contributed by atoms with Gasteiger partial charge >= 0.3 is 0 Å². The topological polar surface area (TPSA) is 30.5 Å². The molecule has 0 aromatic rings. The van der Waals surface area contributed by atoms with Crippen LogP contribution >= 0.6 is 0 Å². The highest BCUT2D eigenvalue weighted by molar-refractivity contribution is 4.91. The molecule has 2 aliphatic rings. The minimum Gasteiger partial charge on any atom is -0.378 e. The maximum atomic E-state index is 5.94. The molecule has 1 N–H and O–H groups in total. The Hall–Kier alpha value is -0.120. The molecule has 0 aromatic heterocycles. The molecule has 2 aliphatic heterocycles. The summed E-state index contributed by atoms with van der Waals surface area (Å²) in [4.78, 5) is 0. The van der Waals surface area contributed by atoms with Crippen LogP contribution in [0.1, 0.15) is 40.0 Å². The van der Waals surface area contributed by atoms with Gasteiger partial charge in [-0.25, -0.2) is 0 Å². The smallest absolute Gasteiger partial charge is 0.0939 e. The second kappa shape index (κ2) is 4.63. The highest BCUT2D eigenvalue weighted by Gasteiger charge is 2.40. The molecule has 0 saturated carbocycles. The van der Waals surface area contributed by atoms with E-state index in [1.807, 2.05) is 0 Å². The van der Waals surface area contributed by atoms with E-state index in [2.05, 4.69) is 26.1 Å².